The first kappa shape index (κ1) is 17.0. The Morgan fingerprint density at radius 3 is 2.84 bits per heavy atom. The zero-order chi connectivity index (χ0) is 17.6. The van der Waals surface area contributed by atoms with Crippen LogP contribution in [0.25, 0.3) is 11.4 Å². The minimum absolute atomic E-state index is 0.0966. The first-order chi connectivity index (χ1) is 12.2. The third-order valence-electron chi connectivity index (χ3n) is 3.52. The van der Waals surface area contributed by atoms with E-state index in [1.54, 1.807) is 30.7 Å². The Morgan fingerprint density at radius 1 is 1.28 bits per heavy atom. The van der Waals surface area contributed by atoms with E-state index in [9.17, 15) is 4.79 Å². The van der Waals surface area contributed by atoms with Crippen LogP contribution in [0, 0.1) is 0 Å². The Hall–Kier alpha value is -2.84. The van der Waals surface area contributed by atoms with Crippen LogP contribution in [0.5, 0.6) is 0 Å². The molecule has 0 aliphatic rings. The van der Waals surface area contributed by atoms with Crippen molar-refractivity contribution >= 4 is 23.3 Å². The minimum Gasteiger partial charge on any atom is -0.478 e. The molecule has 0 spiro atoms. The topological polar surface area (TPSA) is 97.2 Å². The second-order valence-electron chi connectivity index (χ2n) is 5.12. The Morgan fingerprint density at radius 2 is 2.12 bits per heavy atom. The Labute approximate surface area is 148 Å². The van der Waals surface area contributed by atoms with Crippen molar-refractivity contribution in [2.45, 2.75) is 6.10 Å². The number of hydrogen-bond acceptors (Lipinski definition) is 7. The lowest BCUT2D eigenvalue weighted by Crippen LogP contribution is -2.15. The summed E-state index contributed by atoms with van der Waals surface area (Å²) in [5.41, 5.74) is 1.19. The largest absolute Gasteiger partial charge is 0.478 e. The zero-order valence-electron chi connectivity index (χ0n) is 13.4. The lowest BCUT2D eigenvalue weighted by atomic mass is 10.2. The van der Waals surface area contributed by atoms with Gasteiger partial charge < -0.3 is 15.2 Å². The molecule has 1 atom stereocenters. The molecule has 0 unspecified atom stereocenters. The van der Waals surface area contributed by atoms with Gasteiger partial charge in [-0.3, -0.25) is 4.98 Å². The van der Waals surface area contributed by atoms with Gasteiger partial charge in [0, 0.05) is 30.9 Å². The molecule has 3 aromatic heterocycles. The molecule has 128 valence electrons. The van der Waals surface area contributed by atoms with Gasteiger partial charge in [0.1, 0.15) is 6.10 Å². The van der Waals surface area contributed by atoms with Gasteiger partial charge >= 0.3 is 5.97 Å². The highest BCUT2D eigenvalue weighted by molar-refractivity contribution is 7.10. The van der Waals surface area contributed by atoms with Crippen molar-refractivity contribution in [2.75, 3.05) is 19.0 Å². The molecule has 3 rings (SSSR count). The monoisotopic (exact) mass is 356 g/mol. The number of carboxylic acids is 1. The maximum absolute atomic E-state index is 11.1. The highest BCUT2D eigenvalue weighted by atomic mass is 32.1. The molecule has 3 aromatic rings. The smallest absolute Gasteiger partial charge is 0.335 e. The first-order valence-corrected chi connectivity index (χ1v) is 8.38. The lowest BCUT2D eigenvalue weighted by molar-refractivity contribution is 0.0697. The van der Waals surface area contributed by atoms with E-state index in [2.05, 4.69) is 20.3 Å². The standard InChI is InChI=1S/C17H16N4O3S/c1-24-14(15-3-2-8-25-15)10-20-17-19-7-5-12(21-17)13-9-11(16(22)23)4-6-18-13/h2-9,14H,10H2,1H3,(H,22,23)(H,19,20,21)/t14-/m0/s1. The number of thiophene rings is 1. The van der Waals surface area contributed by atoms with Crippen LogP contribution in [0.1, 0.15) is 21.3 Å². The number of nitrogens with zero attached hydrogens (tertiary/aromatic N) is 3. The predicted octanol–water partition coefficient (Wildman–Crippen LogP) is 3.10. The molecule has 3 heterocycles. The van der Waals surface area contributed by atoms with Gasteiger partial charge in [0.15, 0.2) is 0 Å². The number of nitrogens with one attached hydrogen (secondary N) is 1. The van der Waals surface area contributed by atoms with Gasteiger partial charge in [0.05, 0.1) is 17.0 Å². The van der Waals surface area contributed by atoms with Gasteiger partial charge in [-0.25, -0.2) is 14.8 Å². The summed E-state index contributed by atoms with van der Waals surface area (Å²) in [5.74, 6) is -0.575. The molecule has 25 heavy (non-hydrogen) atoms. The van der Waals surface area contributed by atoms with Crippen molar-refractivity contribution in [1.29, 1.82) is 0 Å². The molecular weight excluding hydrogens is 340 g/mol. The summed E-state index contributed by atoms with van der Waals surface area (Å²) in [6, 6.07) is 8.60. The minimum atomic E-state index is -1.00. The van der Waals surface area contributed by atoms with Gasteiger partial charge in [0.2, 0.25) is 5.95 Å². The Kier molecular flexibility index (Phi) is 5.32. The molecule has 0 aromatic carbocycles. The summed E-state index contributed by atoms with van der Waals surface area (Å²) < 4.78 is 5.49. The van der Waals surface area contributed by atoms with Crippen molar-refractivity contribution < 1.29 is 14.6 Å². The van der Waals surface area contributed by atoms with E-state index < -0.39 is 5.97 Å². The van der Waals surface area contributed by atoms with E-state index in [1.165, 1.54) is 18.3 Å². The van der Waals surface area contributed by atoms with Gasteiger partial charge in [-0.15, -0.1) is 11.3 Å². The van der Waals surface area contributed by atoms with Crippen LogP contribution in [0.4, 0.5) is 5.95 Å². The second kappa shape index (κ2) is 7.82. The number of carboxylic acid groups (broad SMARTS) is 1. The van der Waals surface area contributed by atoms with E-state index >= 15 is 0 Å². The molecule has 0 saturated heterocycles. The molecule has 8 heteroatoms. The predicted molar refractivity (Wildman–Crippen MR) is 94.8 cm³/mol. The fourth-order valence-corrected chi connectivity index (χ4v) is 3.05. The van der Waals surface area contributed by atoms with E-state index in [1.807, 2.05) is 17.5 Å². The number of anilines is 1. The highest BCUT2D eigenvalue weighted by Gasteiger charge is 2.13. The van der Waals surface area contributed by atoms with Gasteiger partial charge in [0.25, 0.3) is 0 Å². The van der Waals surface area contributed by atoms with Crippen LogP contribution in [0.2, 0.25) is 0 Å². The maximum Gasteiger partial charge on any atom is 0.335 e. The number of aromatic nitrogens is 3. The summed E-state index contributed by atoms with van der Waals surface area (Å²) in [5, 5.41) is 14.2. The van der Waals surface area contributed by atoms with Gasteiger partial charge in [-0.05, 0) is 29.6 Å². The van der Waals surface area contributed by atoms with Crippen molar-refractivity contribution in [2.24, 2.45) is 0 Å². The van der Waals surface area contributed by atoms with Crippen LogP contribution >= 0.6 is 11.3 Å². The Bertz CT molecular complexity index is 855. The van der Waals surface area contributed by atoms with Gasteiger partial charge in [-0.2, -0.15) is 0 Å². The molecule has 0 radical (unpaired) electrons. The number of methoxy groups -OCH3 is 1. The molecule has 0 bridgehead atoms. The number of carbonyl (C=O) groups is 1. The maximum atomic E-state index is 11.1. The average molecular weight is 356 g/mol. The normalized spacial score (nSPS) is 11.9. The van der Waals surface area contributed by atoms with Gasteiger partial charge in [-0.1, -0.05) is 6.07 Å². The quantitative estimate of drug-likeness (QED) is 0.671. The van der Waals surface area contributed by atoms with Crippen molar-refractivity contribution in [1.82, 2.24) is 15.0 Å². The van der Waals surface area contributed by atoms with Crippen LogP contribution in [-0.4, -0.2) is 39.7 Å². The third kappa shape index (κ3) is 4.17. The number of rotatable bonds is 7. The fraction of sp³-hybridized carbons (Fsp3) is 0.176. The summed E-state index contributed by atoms with van der Waals surface area (Å²) in [7, 11) is 1.66. The molecular formula is C17H16N4O3S. The lowest BCUT2D eigenvalue weighted by Gasteiger charge is -2.14. The fourth-order valence-electron chi connectivity index (χ4n) is 2.25. The number of aromatic carboxylic acids is 1. The summed E-state index contributed by atoms with van der Waals surface area (Å²) in [6.07, 6.45) is 2.96. The van der Waals surface area contributed by atoms with Crippen LogP contribution in [0.3, 0.4) is 0 Å². The first-order valence-electron chi connectivity index (χ1n) is 7.50. The number of hydrogen-bond donors (Lipinski definition) is 2. The summed E-state index contributed by atoms with van der Waals surface area (Å²) in [4.78, 5) is 25.0. The molecule has 7 nitrogen and oxygen atoms in total. The zero-order valence-corrected chi connectivity index (χ0v) is 14.2. The number of pyridine rings is 1. The van der Waals surface area contributed by atoms with Crippen molar-refractivity contribution in [3.63, 3.8) is 0 Å². The van der Waals surface area contributed by atoms with Crippen LogP contribution in [-0.2, 0) is 4.74 Å². The van der Waals surface area contributed by atoms with E-state index in [0.717, 1.165) is 4.88 Å². The third-order valence-corrected chi connectivity index (χ3v) is 4.48. The number of ether oxygens (including phenoxy) is 1. The Balaban J connectivity index is 1.75. The molecule has 2 N–H and O–H groups in total. The summed E-state index contributed by atoms with van der Waals surface area (Å²) in [6.45, 7) is 0.517. The average Bonchev–Trinajstić information content (AvgIpc) is 3.17. The van der Waals surface area contributed by atoms with E-state index in [-0.39, 0.29) is 11.7 Å². The van der Waals surface area contributed by atoms with Crippen LogP contribution < -0.4 is 5.32 Å². The molecule has 0 aliphatic carbocycles. The SMILES string of the molecule is CO[C@@H](CNc1nccc(-c2cc(C(=O)O)ccn2)n1)c1cccs1. The van der Waals surface area contributed by atoms with E-state index in [0.29, 0.717) is 23.9 Å². The highest BCUT2D eigenvalue weighted by Crippen LogP contribution is 2.22. The van der Waals surface area contributed by atoms with Crippen LogP contribution in [0.15, 0.2) is 48.1 Å². The van der Waals surface area contributed by atoms with Crippen molar-refractivity contribution in [3.8, 4) is 11.4 Å². The molecule has 0 saturated carbocycles. The molecule has 0 amide bonds. The summed E-state index contributed by atoms with van der Waals surface area (Å²) >= 11 is 1.62. The molecule has 0 fully saturated rings. The second-order valence-corrected chi connectivity index (χ2v) is 6.10. The molecule has 0 aliphatic heterocycles. The van der Waals surface area contributed by atoms with E-state index in [4.69, 9.17) is 9.84 Å². The van der Waals surface area contributed by atoms with Crippen molar-refractivity contribution in [3.05, 3.63) is 58.5 Å².